The maximum atomic E-state index is 12.4. The minimum atomic E-state index is -0.107. The van der Waals surface area contributed by atoms with Crippen LogP contribution in [0.1, 0.15) is 43.6 Å². The molecule has 1 aliphatic heterocycles. The van der Waals surface area contributed by atoms with E-state index in [4.69, 9.17) is 4.42 Å². The fraction of sp³-hybridized carbons (Fsp3) is 0.556. The molecule has 0 unspecified atom stereocenters. The van der Waals surface area contributed by atoms with Gasteiger partial charge in [-0.1, -0.05) is 6.42 Å². The average Bonchev–Trinajstić information content (AvgIpc) is 3.21. The molecule has 0 aliphatic carbocycles. The van der Waals surface area contributed by atoms with Gasteiger partial charge in [-0.2, -0.15) is 5.10 Å². The first-order valence-electron chi connectivity index (χ1n) is 8.67. The van der Waals surface area contributed by atoms with Gasteiger partial charge in [-0.15, -0.1) is 0 Å². The molecule has 24 heavy (non-hydrogen) atoms. The van der Waals surface area contributed by atoms with E-state index in [0.29, 0.717) is 12.6 Å². The van der Waals surface area contributed by atoms with Gasteiger partial charge in [-0.05, 0) is 50.9 Å². The highest BCUT2D eigenvalue weighted by molar-refractivity contribution is 5.78. The summed E-state index contributed by atoms with van der Waals surface area (Å²) in [5.74, 6) is 0.827. The van der Waals surface area contributed by atoms with Gasteiger partial charge in [-0.25, -0.2) is 0 Å². The summed E-state index contributed by atoms with van der Waals surface area (Å²) in [6.45, 7) is 6.22. The van der Waals surface area contributed by atoms with E-state index >= 15 is 0 Å². The molecule has 1 amide bonds. The summed E-state index contributed by atoms with van der Waals surface area (Å²) in [6, 6.07) is 3.98. The van der Waals surface area contributed by atoms with E-state index in [2.05, 4.69) is 21.5 Å². The van der Waals surface area contributed by atoms with Crippen LogP contribution < -0.4 is 5.32 Å². The first-order chi connectivity index (χ1) is 11.6. The van der Waals surface area contributed by atoms with E-state index in [0.717, 1.165) is 31.7 Å². The fourth-order valence-corrected chi connectivity index (χ4v) is 3.34. The van der Waals surface area contributed by atoms with Crippen molar-refractivity contribution in [2.75, 3.05) is 13.1 Å². The minimum absolute atomic E-state index is 0.0439. The summed E-state index contributed by atoms with van der Waals surface area (Å²) < 4.78 is 7.34. The predicted octanol–water partition coefficient (Wildman–Crippen LogP) is 2.52. The van der Waals surface area contributed by atoms with E-state index in [1.807, 2.05) is 36.9 Å². The molecular formula is C18H26N4O2. The van der Waals surface area contributed by atoms with Crippen LogP contribution in [-0.4, -0.2) is 39.7 Å². The van der Waals surface area contributed by atoms with Crippen molar-refractivity contribution in [1.82, 2.24) is 20.0 Å². The number of carbonyl (C=O) groups is 1. The molecule has 0 radical (unpaired) electrons. The van der Waals surface area contributed by atoms with Crippen molar-refractivity contribution in [3.8, 4) is 0 Å². The normalized spacial score (nSPS) is 20.0. The predicted molar refractivity (Wildman–Crippen MR) is 91.4 cm³/mol. The Kier molecular flexibility index (Phi) is 5.35. The third-order valence-electron chi connectivity index (χ3n) is 4.60. The first-order valence-corrected chi connectivity index (χ1v) is 8.67. The molecule has 6 heteroatoms. The van der Waals surface area contributed by atoms with Crippen molar-refractivity contribution in [2.45, 2.75) is 51.7 Å². The zero-order chi connectivity index (χ0) is 16.9. The largest absolute Gasteiger partial charge is 0.467 e. The Morgan fingerprint density at radius 2 is 2.38 bits per heavy atom. The van der Waals surface area contributed by atoms with Crippen molar-refractivity contribution < 1.29 is 9.21 Å². The molecule has 130 valence electrons. The highest BCUT2D eigenvalue weighted by Crippen LogP contribution is 2.19. The number of nitrogens with one attached hydrogen (secondary N) is 1. The molecule has 0 saturated carbocycles. The maximum Gasteiger partial charge on any atom is 0.234 e. The van der Waals surface area contributed by atoms with Crippen molar-refractivity contribution in [2.24, 2.45) is 0 Å². The van der Waals surface area contributed by atoms with Gasteiger partial charge in [0.15, 0.2) is 0 Å². The molecule has 1 aliphatic rings. The van der Waals surface area contributed by atoms with Crippen LogP contribution in [0.2, 0.25) is 0 Å². The second-order valence-corrected chi connectivity index (χ2v) is 6.66. The topological polar surface area (TPSA) is 63.3 Å². The van der Waals surface area contributed by atoms with Gasteiger partial charge in [0, 0.05) is 12.2 Å². The molecule has 3 rings (SSSR count). The molecule has 0 aromatic carbocycles. The smallest absolute Gasteiger partial charge is 0.234 e. The number of furan rings is 1. The molecular weight excluding hydrogens is 304 g/mol. The zero-order valence-corrected chi connectivity index (χ0v) is 14.4. The van der Waals surface area contributed by atoms with E-state index in [9.17, 15) is 4.79 Å². The number of amides is 1. The van der Waals surface area contributed by atoms with Crippen LogP contribution in [0, 0.1) is 6.92 Å². The van der Waals surface area contributed by atoms with E-state index in [1.54, 1.807) is 6.26 Å². The molecule has 2 atom stereocenters. The molecule has 2 aromatic rings. The summed E-state index contributed by atoms with van der Waals surface area (Å²) in [5, 5.41) is 7.40. The lowest BCUT2D eigenvalue weighted by Crippen LogP contribution is -2.47. The second-order valence-electron chi connectivity index (χ2n) is 6.66. The lowest BCUT2D eigenvalue weighted by atomic mass is 10.0. The van der Waals surface area contributed by atoms with Crippen molar-refractivity contribution in [3.05, 3.63) is 42.1 Å². The van der Waals surface area contributed by atoms with Gasteiger partial charge in [-0.3, -0.25) is 14.4 Å². The SMILES string of the molecule is Cc1cnn(C[C@@H]2CCCCN2CC(=O)N[C@H](C)c2ccco2)c1. The van der Waals surface area contributed by atoms with E-state index < -0.39 is 0 Å². The van der Waals surface area contributed by atoms with Gasteiger partial charge in [0.25, 0.3) is 0 Å². The Bertz CT molecular complexity index is 650. The molecule has 2 aromatic heterocycles. The molecule has 3 heterocycles. The van der Waals surface area contributed by atoms with Crippen LogP contribution in [0.5, 0.6) is 0 Å². The molecule has 0 spiro atoms. The molecule has 6 nitrogen and oxygen atoms in total. The highest BCUT2D eigenvalue weighted by atomic mass is 16.3. The molecule has 1 fully saturated rings. The van der Waals surface area contributed by atoms with Crippen LogP contribution >= 0.6 is 0 Å². The van der Waals surface area contributed by atoms with E-state index in [1.165, 1.54) is 12.0 Å². The summed E-state index contributed by atoms with van der Waals surface area (Å²) in [4.78, 5) is 14.7. The number of hydrogen-bond donors (Lipinski definition) is 1. The maximum absolute atomic E-state index is 12.4. The summed E-state index contributed by atoms with van der Waals surface area (Å²) in [6.07, 6.45) is 9.04. The van der Waals surface area contributed by atoms with Crippen molar-refractivity contribution in [3.63, 3.8) is 0 Å². The van der Waals surface area contributed by atoms with Gasteiger partial charge >= 0.3 is 0 Å². The quantitative estimate of drug-likeness (QED) is 0.884. The standard InChI is InChI=1S/C18H26N4O2/c1-14-10-19-22(11-14)12-16-6-3-4-8-21(16)13-18(23)20-15(2)17-7-5-9-24-17/h5,7,9-11,15-16H,3-4,6,8,12-13H2,1-2H3,(H,20,23)/t15-,16+/m1/s1. The number of likely N-dealkylation sites (tertiary alicyclic amines) is 1. The minimum Gasteiger partial charge on any atom is -0.467 e. The number of hydrogen-bond acceptors (Lipinski definition) is 4. The molecule has 0 bridgehead atoms. The van der Waals surface area contributed by atoms with Crippen LogP contribution in [0.15, 0.2) is 35.2 Å². The average molecular weight is 330 g/mol. The molecule has 1 saturated heterocycles. The third kappa shape index (κ3) is 4.26. The monoisotopic (exact) mass is 330 g/mol. The first kappa shape index (κ1) is 16.8. The Labute approximate surface area is 142 Å². The fourth-order valence-electron chi connectivity index (χ4n) is 3.34. The number of carbonyl (C=O) groups excluding carboxylic acids is 1. The summed E-state index contributed by atoms with van der Waals surface area (Å²) >= 11 is 0. The Morgan fingerprint density at radius 3 is 3.08 bits per heavy atom. The van der Waals surface area contributed by atoms with Gasteiger partial charge < -0.3 is 9.73 Å². The zero-order valence-electron chi connectivity index (χ0n) is 14.4. The number of piperidine rings is 1. The number of aryl methyl sites for hydroxylation is 1. The van der Waals surface area contributed by atoms with Crippen LogP contribution in [-0.2, 0) is 11.3 Å². The van der Waals surface area contributed by atoms with E-state index in [-0.39, 0.29) is 11.9 Å². The third-order valence-corrected chi connectivity index (χ3v) is 4.60. The van der Waals surface area contributed by atoms with Crippen LogP contribution in [0.3, 0.4) is 0 Å². The number of nitrogens with zero attached hydrogens (tertiary/aromatic N) is 3. The van der Waals surface area contributed by atoms with Gasteiger partial charge in [0.2, 0.25) is 5.91 Å². The second kappa shape index (κ2) is 7.66. The highest BCUT2D eigenvalue weighted by Gasteiger charge is 2.25. The Hall–Kier alpha value is -2.08. The number of aromatic nitrogens is 2. The lowest BCUT2D eigenvalue weighted by molar-refractivity contribution is -0.124. The van der Waals surface area contributed by atoms with Gasteiger partial charge in [0.05, 0.1) is 31.6 Å². The lowest BCUT2D eigenvalue weighted by Gasteiger charge is -2.35. The summed E-state index contributed by atoms with van der Waals surface area (Å²) in [5.41, 5.74) is 1.17. The Morgan fingerprint density at radius 1 is 1.50 bits per heavy atom. The number of rotatable bonds is 6. The van der Waals surface area contributed by atoms with Crippen LogP contribution in [0.4, 0.5) is 0 Å². The summed E-state index contributed by atoms with van der Waals surface area (Å²) in [7, 11) is 0. The molecule has 1 N–H and O–H groups in total. The van der Waals surface area contributed by atoms with Gasteiger partial charge in [0.1, 0.15) is 5.76 Å². The Balaban J connectivity index is 1.55. The van der Waals surface area contributed by atoms with Crippen molar-refractivity contribution in [1.29, 1.82) is 0 Å². The van der Waals surface area contributed by atoms with Crippen molar-refractivity contribution >= 4 is 5.91 Å². The van der Waals surface area contributed by atoms with Crippen LogP contribution in [0.25, 0.3) is 0 Å².